The summed E-state index contributed by atoms with van der Waals surface area (Å²) in [7, 11) is 0. The Morgan fingerprint density at radius 1 is 1.53 bits per heavy atom. The number of rotatable bonds is 2. The second-order valence-electron chi connectivity index (χ2n) is 3.56. The van der Waals surface area contributed by atoms with Gasteiger partial charge in [-0.15, -0.1) is 0 Å². The zero-order chi connectivity index (χ0) is 12.8. The van der Waals surface area contributed by atoms with E-state index in [1.54, 1.807) is 0 Å². The SMILES string of the molecule is CC(=O)SCCC#Cc1cc(F)cc(N)c1C. The summed E-state index contributed by atoms with van der Waals surface area (Å²) in [5.74, 6) is 6.06. The number of thioether (sulfide) groups is 1. The van der Waals surface area contributed by atoms with Gasteiger partial charge < -0.3 is 5.73 Å². The Morgan fingerprint density at radius 3 is 2.88 bits per heavy atom. The molecule has 0 aliphatic rings. The number of hydrogen-bond acceptors (Lipinski definition) is 3. The molecule has 0 unspecified atom stereocenters. The van der Waals surface area contributed by atoms with Gasteiger partial charge in [-0.2, -0.15) is 0 Å². The third-order valence-corrected chi connectivity index (χ3v) is 2.98. The largest absolute Gasteiger partial charge is 0.398 e. The highest BCUT2D eigenvalue weighted by Crippen LogP contribution is 2.17. The average molecular weight is 251 g/mol. The molecule has 0 aliphatic heterocycles. The van der Waals surface area contributed by atoms with Crippen LogP contribution in [0.2, 0.25) is 0 Å². The van der Waals surface area contributed by atoms with Crippen LogP contribution in [0.5, 0.6) is 0 Å². The van der Waals surface area contributed by atoms with Crippen molar-refractivity contribution >= 4 is 22.6 Å². The summed E-state index contributed by atoms with van der Waals surface area (Å²) in [6.45, 7) is 3.33. The number of hydrogen-bond donors (Lipinski definition) is 1. The van der Waals surface area contributed by atoms with Gasteiger partial charge >= 0.3 is 0 Å². The third-order valence-electron chi connectivity index (χ3n) is 2.17. The summed E-state index contributed by atoms with van der Waals surface area (Å²) in [5.41, 5.74) is 7.44. The first-order valence-corrected chi connectivity index (χ1v) is 6.17. The zero-order valence-electron chi connectivity index (χ0n) is 9.84. The Balaban J connectivity index is 2.68. The van der Waals surface area contributed by atoms with Gasteiger partial charge in [-0.1, -0.05) is 23.6 Å². The molecule has 1 rings (SSSR count). The molecule has 0 amide bonds. The van der Waals surface area contributed by atoms with Gasteiger partial charge in [0.15, 0.2) is 5.12 Å². The molecule has 0 aliphatic carbocycles. The molecule has 0 fully saturated rings. The first-order chi connectivity index (χ1) is 8.00. The lowest BCUT2D eigenvalue weighted by atomic mass is 10.1. The second kappa shape index (κ2) is 6.31. The highest BCUT2D eigenvalue weighted by Gasteiger charge is 2.02. The number of halogens is 1. The van der Waals surface area contributed by atoms with Crippen molar-refractivity contribution in [3.8, 4) is 11.8 Å². The van der Waals surface area contributed by atoms with Crippen LogP contribution >= 0.6 is 11.8 Å². The summed E-state index contributed by atoms with van der Waals surface area (Å²) < 4.78 is 13.1. The van der Waals surface area contributed by atoms with E-state index in [0.717, 1.165) is 5.56 Å². The Labute approximate surface area is 105 Å². The van der Waals surface area contributed by atoms with Gasteiger partial charge in [0.05, 0.1) is 0 Å². The van der Waals surface area contributed by atoms with Crippen molar-refractivity contribution in [2.75, 3.05) is 11.5 Å². The van der Waals surface area contributed by atoms with Crippen molar-refractivity contribution in [3.63, 3.8) is 0 Å². The lowest BCUT2D eigenvalue weighted by molar-refractivity contribution is -0.109. The summed E-state index contributed by atoms with van der Waals surface area (Å²) in [6.07, 6.45) is 0.597. The minimum Gasteiger partial charge on any atom is -0.398 e. The Hall–Kier alpha value is -1.47. The summed E-state index contributed by atoms with van der Waals surface area (Å²) >= 11 is 1.24. The van der Waals surface area contributed by atoms with Crippen LogP contribution in [0.1, 0.15) is 24.5 Å². The van der Waals surface area contributed by atoms with Crippen LogP contribution in [0.3, 0.4) is 0 Å². The zero-order valence-corrected chi connectivity index (χ0v) is 10.7. The van der Waals surface area contributed by atoms with Crippen LogP contribution in [0.25, 0.3) is 0 Å². The van der Waals surface area contributed by atoms with Crippen molar-refractivity contribution in [2.24, 2.45) is 0 Å². The fourth-order valence-corrected chi connectivity index (χ4v) is 1.73. The first-order valence-electron chi connectivity index (χ1n) is 5.18. The van der Waals surface area contributed by atoms with Crippen LogP contribution in [0, 0.1) is 24.6 Å². The van der Waals surface area contributed by atoms with Crippen molar-refractivity contribution < 1.29 is 9.18 Å². The number of benzene rings is 1. The predicted molar refractivity (Wildman–Crippen MR) is 70.2 cm³/mol. The van der Waals surface area contributed by atoms with Crippen LogP contribution in [-0.2, 0) is 4.79 Å². The molecular formula is C13H14FNOS. The minimum atomic E-state index is -0.379. The van der Waals surface area contributed by atoms with Crippen LogP contribution in [0.4, 0.5) is 10.1 Å². The van der Waals surface area contributed by atoms with Gasteiger partial charge in [0, 0.05) is 30.3 Å². The second-order valence-corrected chi connectivity index (χ2v) is 4.83. The molecule has 1 aromatic carbocycles. The lowest BCUT2D eigenvalue weighted by Crippen LogP contribution is -1.94. The number of carbonyl (C=O) groups is 1. The predicted octanol–water partition coefficient (Wildman–Crippen LogP) is 2.74. The molecule has 1 aromatic rings. The monoisotopic (exact) mass is 251 g/mol. The van der Waals surface area contributed by atoms with Gasteiger partial charge in [0.25, 0.3) is 0 Å². The normalized spacial score (nSPS) is 9.59. The fraction of sp³-hybridized carbons (Fsp3) is 0.308. The third kappa shape index (κ3) is 4.49. The first kappa shape index (κ1) is 13.6. The molecule has 0 heterocycles. The molecule has 0 spiro atoms. The number of anilines is 1. The van der Waals surface area contributed by atoms with E-state index in [-0.39, 0.29) is 10.9 Å². The molecule has 0 bridgehead atoms. The Bertz CT molecular complexity index is 488. The van der Waals surface area contributed by atoms with E-state index in [4.69, 9.17) is 5.73 Å². The van der Waals surface area contributed by atoms with E-state index in [9.17, 15) is 9.18 Å². The van der Waals surface area contributed by atoms with Crippen molar-refractivity contribution in [2.45, 2.75) is 20.3 Å². The molecule has 0 aromatic heterocycles. The molecular weight excluding hydrogens is 237 g/mol. The standard InChI is InChI=1S/C13H14FNOS/c1-9-11(7-12(14)8-13(9)15)5-3-4-6-17-10(2)16/h7-8H,4,6,15H2,1-2H3. The van der Waals surface area contributed by atoms with Crippen LogP contribution < -0.4 is 5.73 Å². The topological polar surface area (TPSA) is 43.1 Å². The van der Waals surface area contributed by atoms with Gasteiger partial charge in [0.2, 0.25) is 0 Å². The molecule has 0 saturated heterocycles. The Morgan fingerprint density at radius 2 is 2.24 bits per heavy atom. The highest BCUT2D eigenvalue weighted by atomic mass is 32.2. The average Bonchev–Trinajstić information content (AvgIpc) is 2.23. The fourth-order valence-electron chi connectivity index (χ4n) is 1.23. The van der Waals surface area contributed by atoms with Gasteiger partial charge in [0.1, 0.15) is 5.82 Å². The molecule has 0 radical (unpaired) electrons. The van der Waals surface area contributed by atoms with Gasteiger partial charge in [-0.05, 0) is 24.6 Å². The van der Waals surface area contributed by atoms with Crippen molar-refractivity contribution in [1.82, 2.24) is 0 Å². The smallest absolute Gasteiger partial charge is 0.185 e. The molecule has 17 heavy (non-hydrogen) atoms. The van der Waals surface area contributed by atoms with E-state index >= 15 is 0 Å². The number of nitrogen functional groups attached to an aromatic ring is 1. The van der Waals surface area contributed by atoms with Crippen molar-refractivity contribution in [1.29, 1.82) is 0 Å². The Kier molecular flexibility index (Phi) is 5.05. The molecule has 90 valence electrons. The summed E-state index contributed by atoms with van der Waals surface area (Å²) in [6, 6.07) is 2.66. The van der Waals surface area contributed by atoms with Crippen molar-refractivity contribution in [3.05, 3.63) is 29.1 Å². The van der Waals surface area contributed by atoms with E-state index in [2.05, 4.69) is 11.8 Å². The molecule has 4 heteroatoms. The maximum absolute atomic E-state index is 13.1. The highest BCUT2D eigenvalue weighted by molar-refractivity contribution is 8.13. The van der Waals surface area contributed by atoms with Gasteiger partial charge in [-0.25, -0.2) is 4.39 Å². The molecule has 0 saturated carbocycles. The van der Waals surface area contributed by atoms with Gasteiger partial charge in [-0.3, -0.25) is 4.79 Å². The molecule has 0 atom stereocenters. The van der Waals surface area contributed by atoms with Crippen LogP contribution in [-0.4, -0.2) is 10.9 Å². The summed E-state index contributed by atoms with van der Waals surface area (Å²) in [5, 5.41) is 0.0815. The minimum absolute atomic E-state index is 0.0815. The van der Waals surface area contributed by atoms with E-state index in [1.807, 2.05) is 6.92 Å². The summed E-state index contributed by atoms with van der Waals surface area (Å²) in [4.78, 5) is 10.7. The van der Waals surface area contributed by atoms with Crippen LogP contribution in [0.15, 0.2) is 12.1 Å². The van der Waals surface area contributed by atoms with E-state index < -0.39 is 0 Å². The number of carbonyl (C=O) groups excluding carboxylic acids is 1. The van der Waals surface area contributed by atoms with E-state index in [1.165, 1.54) is 30.8 Å². The van der Waals surface area contributed by atoms with E-state index in [0.29, 0.717) is 23.4 Å². The quantitative estimate of drug-likeness (QED) is 0.499. The maximum Gasteiger partial charge on any atom is 0.185 e. The lowest BCUT2D eigenvalue weighted by Gasteiger charge is -2.02. The number of nitrogens with two attached hydrogens (primary N) is 1. The maximum atomic E-state index is 13.1. The molecule has 2 N–H and O–H groups in total. The molecule has 2 nitrogen and oxygen atoms in total.